The average Bonchev–Trinajstić information content (AvgIpc) is 2.65. The second kappa shape index (κ2) is 10.4. The molecular formula is C21H26N2O3. The summed E-state index contributed by atoms with van der Waals surface area (Å²) in [5.74, 6) is 0.621. The van der Waals surface area contributed by atoms with Crippen LogP contribution in [0.3, 0.4) is 0 Å². The van der Waals surface area contributed by atoms with Gasteiger partial charge in [-0.3, -0.25) is 9.59 Å². The van der Waals surface area contributed by atoms with Crippen molar-refractivity contribution in [2.75, 3.05) is 18.5 Å². The van der Waals surface area contributed by atoms with Gasteiger partial charge in [0.2, 0.25) is 5.91 Å². The number of Topliss-reactive ketones (excluding diaryl/α,β-unsaturated/α-hetero) is 1. The lowest BCUT2D eigenvalue weighted by atomic mass is 10.1. The minimum absolute atomic E-state index is 0.00561. The predicted octanol–water partition coefficient (Wildman–Crippen LogP) is 3.80. The molecule has 0 atom stereocenters. The number of hydrogen-bond acceptors (Lipinski definition) is 4. The molecule has 0 fully saturated rings. The number of ketones is 1. The van der Waals surface area contributed by atoms with Gasteiger partial charge >= 0.3 is 0 Å². The van der Waals surface area contributed by atoms with Crippen molar-refractivity contribution in [1.29, 1.82) is 0 Å². The molecule has 0 aromatic heterocycles. The summed E-state index contributed by atoms with van der Waals surface area (Å²) in [7, 11) is 0. The molecule has 138 valence electrons. The van der Waals surface area contributed by atoms with Crippen molar-refractivity contribution < 1.29 is 14.3 Å². The molecule has 0 spiro atoms. The van der Waals surface area contributed by atoms with Gasteiger partial charge in [-0.2, -0.15) is 0 Å². The number of para-hydroxylation sites is 1. The van der Waals surface area contributed by atoms with Crippen molar-refractivity contribution in [2.45, 2.75) is 33.2 Å². The zero-order valence-electron chi connectivity index (χ0n) is 15.4. The maximum Gasteiger partial charge on any atom is 0.224 e. The molecule has 0 radical (unpaired) electrons. The Morgan fingerprint density at radius 1 is 1.08 bits per heavy atom. The molecule has 0 aliphatic heterocycles. The second-order valence-corrected chi connectivity index (χ2v) is 6.02. The minimum Gasteiger partial charge on any atom is -0.494 e. The average molecular weight is 354 g/mol. The SMILES string of the molecule is CCNCc1ccccc1NC(=O)CCCOc1cccc(C(C)=O)c1. The number of rotatable bonds is 10. The molecule has 1 amide bonds. The molecule has 2 aromatic carbocycles. The zero-order valence-corrected chi connectivity index (χ0v) is 15.4. The number of benzene rings is 2. The van der Waals surface area contributed by atoms with E-state index in [0.717, 1.165) is 24.3 Å². The predicted molar refractivity (Wildman–Crippen MR) is 104 cm³/mol. The molecule has 5 nitrogen and oxygen atoms in total. The zero-order chi connectivity index (χ0) is 18.8. The highest BCUT2D eigenvalue weighted by molar-refractivity contribution is 5.94. The van der Waals surface area contributed by atoms with Gasteiger partial charge in [0.25, 0.3) is 0 Å². The Morgan fingerprint density at radius 2 is 1.88 bits per heavy atom. The number of anilines is 1. The Balaban J connectivity index is 1.77. The third-order valence-corrected chi connectivity index (χ3v) is 3.91. The first-order valence-electron chi connectivity index (χ1n) is 8.92. The molecule has 0 saturated heterocycles. The first kappa shape index (κ1) is 19.7. The second-order valence-electron chi connectivity index (χ2n) is 6.02. The number of amides is 1. The molecular weight excluding hydrogens is 328 g/mol. The van der Waals surface area contributed by atoms with Crippen molar-refractivity contribution in [2.24, 2.45) is 0 Å². The van der Waals surface area contributed by atoms with Gasteiger partial charge in [0.05, 0.1) is 6.61 Å². The van der Waals surface area contributed by atoms with Crippen LogP contribution >= 0.6 is 0 Å². The van der Waals surface area contributed by atoms with Crippen LogP contribution in [0.25, 0.3) is 0 Å². The van der Waals surface area contributed by atoms with Crippen molar-refractivity contribution in [3.05, 3.63) is 59.7 Å². The fourth-order valence-electron chi connectivity index (χ4n) is 2.50. The summed E-state index contributed by atoms with van der Waals surface area (Å²) in [5.41, 5.74) is 2.53. The van der Waals surface area contributed by atoms with Crippen molar-refractivity contribution in [3.8, 4) is 5.75 Å². The maximum absolute atomic E-state index is 12.2. The van der Waals surface area contributed by atoms with E-state index < -0.39 is 0 Å². The van der Waals surface area contributed by atoms with Crippen LogP contribution in [0.2, 0.25) is 0 Å². The number of ether oxygens (including phenoxy) is 1. The molecule has 0 bridgehead atoms. The lowest BCUT2D eigenvalue weighted by Gasteiger charge is -2.11. The van der Waals surface area contributed by atoms with Gasteiger partial charge in [-0.25, -0.2) is 0 Å². The lowest BCUT2D eigenvalue weighted by Crippen LogP contribution is -2.17. The van der Waals surface area contributed by atoms with E-state index in [2.05, 4.69) is 10.6 Å². The molecule has 2 aromatic rings. The third-order valence-electron chi connectivity index (χ3n) is 3.91. The fraction of sp³-hybridized carbons (Fsp3) is 0.333. The maximum atomic E-state index is 12.2. The van der Waals surface area contributed by atoms with Crippen LogP contribution in [0.1, 0.15) is 42.6 Å². The van der Waals surface area contributed by atoms with E-state index in [9.17, 15) is 9.59 Å². The number of carbonyl (C=O) groups is 2. The van der Waals surface area contributed by atoms with Crippen LogP contribution in [-0.2, 0) is 11.3 Å². The topological polar surface area (TPSA) is 67.4 Å². The lowest BCUT2D eigenvalue weighted by molar-refractivity contribution is -0.116. The van der Waals surface area contributed by atoms with Gasteiger partial charge in [-0.15, -0.1) is 0 Å². The van der Waals surface area contributed by atoms with Crippen molar-refractivity contribution >= 4 is 17.4 Å². The Kier molecular flexibility index (Phi) is 7.83. The molecule has 26 heavy (non-hydrogen) atoms. The highest BCUT2D eigenvalue weighted by Crippen LogP contribution is 2.16. The standard InChI is InChI=1S/C21H26N2O3/c1-3-22-15-18-8-4-5-11-20(18)23-21(25)12-7-13-26-19-10-6-9-17(14-19)16(2)24/h4-6,8-11,14,22H,3,7,12-13,15H2,1-2H3,(H,23,25). The van der Waals surface area contributed by atoms with Gasteiger partial charge in [-0.05, 0) is 43.7 Å². The number of carbonyl (C=O) groups excluding carboxylic acids is 2. The third kappa shape index (κ3) is 6.33. The smallest absolute Gasteiger partial charge is 0.224 e. The van der Waals surface area contributed by atoms with E-state index in [4.69, 9.17) is 4.74 Å². The van der Waals surface area contributed by atoms with E-state index in [1.54, 1.807) is 18.2 Å². The van der Waals surface area contributed by atoms with Crippen LogP contribution in [0, 0.1) is 0 Å². The van der Waals surface area contributed by atoms with Gasteiger partial charge in [0, 0.05) is 24.2 Å². The summed E-state index contributed by atoms with van der Waals surface area (Å²) in [5, 5.41) is 6.23. The molecule has 2 N–H and O–H groups in total. The molecule has 0 unspecified atom stereocenters. The Hall–Kier alpha value is -2.66. The summed E-state index contributed by atoms with van der Waals surface area (Å²) in [4.78, 5) is 23.5. The Morgan fingerprint density at radius 3 is 2.65 bits per heavy atom. The van der Waals surface area contributed by atoms with E-state index in [-0.39, 0.29) is 11.7 Å². The van der Waals surface area contributed by atoms with Crippen LogP contribution in [-0.4, -0.2) is 24.8 Å². The first-order chi connectivity index (χ1) is 12.6. The van der Waals surface area contributed by atoms with Crippen LogP contribution in [0.15, 0.2) is 48.5 Å². The molecule has 0 heterocycles. The molecule has 0 aliphatic rings. The number of hydrogen-bond donors (Lipinski definition) is 2. The Labute approximate surface area is 154 Å². The van der Waals surface area contributed by atoms with E-state index in [0.29, 0.717) is 30.8 Å². The van der Waals surface area contributed by atoms with E-state index in [1.165, 1.54) is 6.92 Å². The summed E-state index contributed by atoms with van der Waals surface area (Å²) >= 11 is 0. The molecule has 0 saturated carbocycles. The van der Waals surface area contributed by atoms with Crippen LogP contribution < -0.4 is 15.4 Å². The van der Waals surface area contributed by atoms with Crippen LogP contribution in [0.5, 0.6) is 5.75 Å². The fourth-order valence-corrected chi connectivity index (χ4v) is 2.50. The summed E-state index contributed by atoms with van der Waals surface area (Å²) in [6.45, 7) is 5.60. The van der Waals surface area contributed by atoms with Crippen LogP contribution in [0.4, 0.5) is 5.69 Å². The normalized spacial score (nSPS) is 10.4. The summed E-state index contributed by atoms with van der Waals surface area (Å²) in [6.07, 6.45) is 0.980. The highest BCUT2D eigenvalue weighted by atomic mass is 16.5. The van der Waals surface area contributed by atoms with Crippen molar-refractivity contribution in [1.82, 2.24) is 5.32 Å². The summed E-state index contributed by atoms with van der Waals surface area (Å²) in [6, 6.07) is 14.9. The number of nitrogens with one attached hydrogen (secondary N) is 2. The molecule has 5 heteroatoms. The minimum atomic E-state index is -0.0324. The Bertz CT molecular complexity index is 744. The largest absolute Gasteiger partial charge is 0.494 e. The van der Waals surface area contributed by atoms with Gasteiger partial charge in [0.15, 0.2) is 5.78 Å². The first-order valence-corrected chi connectivity index (χ1v) is 8.92. The van der Waals surface area contributed by atoms with Crippen molar-refractivity contribution in [3.63, 3.8) is 0 Å². The van der Waals surface area contributed by atoms with E-state index in [1.807, 2.05) is 37.3 Å². The molecule has 0 aliphatic carbocycles. The molecule has 2 rings (SSSR count). The van der Waals surface area contributed by atoms with Gasteiger partial charge in [-0.1, -0.05) is 37.3 Å². The van der Waals surface area contributed by atoms with E-state index >= 15 is 0 Å². The monoisotopic (exact) mass is 354 g/mol. The quantitative estimate of drug-likeness (QED) is 0.503. The van der Waals surface area contributed by atoms with Gasteiger partial charge < -0.3 is 15.4 Å². The van der Waals surface area contributed by atoms with Gasteiger partial charge in [0.1, 0.15) is 5.75 Å². The summed E-state index contributed by atoms with van der Waals surface area (Å²) < 4.78 is 5.63. The highest BCUT2D eigenvalue weighted by Gasteiger charge is 2.07.